The zero-order chi connectivity index (χ0) is 19.2. The molecule has 1 fully saturated rings. The number of hydrogen-bond donors (Lipinski definition) is 2. The molecule has 0 radical (unpaired) electrons. The summed E-state index contributed by atoms with van der Waals surface area (Å²) in [4.78, 5) is 22.3. The largest absolute Gasteiger partial charge is 0.493 e. The molecule has 2 rings (SSSR count). The molecule has 0 heterocycles. The van der Waals surface area contributed by atoms with E-state index in [1.807, 2.05) is 12.1 Å². The van der Waals surface area contributed by atoms with Gasteiger partial charge in [0.05, 0.1) is 31.9 Å². The van der Waals surface area contributed by atoms with Crippen molar-refractivity contribution < 1.29 is 19.1 Å². The lowest BCUT2D eigenvalue weighted by Crippen LogP contribution is -2.43. The van der Waals surface area contributed by atoms with Gasteiger partial charge in [-0.3, -0.25) is 9.59 Å². The minimum Gasteiger partial charge on any atom is -0.493 e. The molecule has 0 atom stereocenters. The third-order valence-electron chi connectivity index (χ3n) is 4.37. The predicted octanol–water partition coefficient (Wildman–Crippen LogP) is 0.903. The minimum atomic E-state index is -1.69. The van der Waals surface area contributed by atoms with Crippen molar-refractivity contribution in [2.24, 2.45) is 5.73 Å². The predicted molar refractivity (Wildman–Crippen MR) is 91.0 cm³/mol. The molecule has 136 valence electrons. The van der Waals surface area contributed by atoms with Crippen LogP contribution in [0.3, 0.4) is 0 Å². The van der Waals surface area contributed by atoms with Crippen molar-refractivity contribution in [1.82, 2.24) is 5.32 Å². The molecule has 1 saturated carbocycles. The molecular formula is C18H20N4O4. The summed E-state index contributed by atoms with van der Waals surface area (Å²) in [6, 6.07) is 8.56. The van der Waals surface area contributed by atoms with Crippen LogP contribution in [0.4, 0.5) is 0 Å². The molecule has 2 amide bonds. The Morgan fingerprint density at radius 1 is 1.27 bits per heavy atom. The number of methoxy groups -OCH3 is 1. The van der Waals surface area contributed by atoms with Gasteiger partial charge in [-0.2, -0.15) is 10.5 Å². The number of carbonyl (C=O) groups is 2. The number of rotatable bonds is 6. The van der Waals surface area contributed by atoms with Gasteiger partial charge in [0, 0.05) is 0 Å². The van der Waals surface area contributed by atoms with Crippen LogP contribution in [0.1, 0.15) is 31.2 Å². The first-order chi connectivity index (χ1) is 12.5. The van der Waals surface area contributed by atoms with Gasteiger partial charge in [0.15, 0.2) is 16.9 Å². The highest BCUT2D eigenvalue weighted by Gasteiger charge is 2.35. The fourth-order valence-corrected chi connectivity index (χ4v) is 2.86. The van der Waals surface area contributed by atoms with Gasteiger partial charge in [-0.1, -0.05) is 6.07 Å². The first kappa shape index (κ1) is 19.1. The average Bonchev–Trinajstić information content (AvgIpc) is 3.16. The maximum atomic E-state index is 11.4. The molecule has 1 aliphatic rings. The van der Waals surface area contributed by atoms with E-state index in [0.717, 1.165) is 25.7 Å². The van der Waals surface area contributed by atoms with Gasteiger partial charge in [-0.25, -0.2) is 0 Å². The molecule has 26 heavy (non-hydrogen) atoms. The van der Waals surface area contributed by atoms with Crippen LogP contribution in [0.15, 0.2) is 18.2 Å². The Labute approximate surface area is 151 Å². The molecule has 0 aromatic heterocycles. The first-order valence-electron chi connectivity index (χ1n) is 8.21. The van der Waals surface area contributed by atoms with Crippen molar-refractivity contribution >= 4 is 11.8 Å². The Morgan fingerprint density at radius 3 is 2.46 bits per heavy atom. The number of ether oxygens (including phenoxy) is 2. The van der Waals surface area contributed by atoms with Gasteiger partial charge in [-0.05, 0) is 43.4 Å². The molecular weight excluding hydrogens is 336 g/mol. The number of nitrogens with two attached hydrogens (primary N) is 1. The Morgan fingerprint density at radius 2 is 1.92 bits per heavy atom. The van der Waals surface area contributed by atoms with E-state index in [-0.39, 0.29) is 12.6 Å². The monoisotopic (exact) mass is 356 g/mol. The molecule has 1 aromatic rings. The smallest absolute Gasteiger partial charge is 0.309 e. The van der Waals surface area contributed by atoms with E-state index in [4.69, 9.17) is 15.2 Å². The quantitative estimate of drug-likeness (QED) is 0.726. The lowest BCUT2D eigenvalue weighted by Gasteiger charge is -2.22. The minimum absolute atomic E-state index is 0.0623. The Balaban J connectivity index is 2.33. The maximum absolute atomic E-state index is 11.4. The normalized spacial score (nSPS) is 14.1. The number of nitriles is 2. The molecule has 0 spiro atoms. The van der Waals surface area contributed by atoms with Crippen molar-refractivity contribution in [1.29, 1.82) is 10.5 Å². The second-order valence-electron chi connectivity index (χ2n) is 6.07. The molecule has 8 heteroatoms. The second-order valence-corrected chi connectivity index (χ2v) is 6.07. The first-order valence-corrected chi connectivity index (χ1v) is 8.21. The van der Waals surface area contributed by atoms with Crippen LogP contribution in [-0.2, 0) is 15.0 Å². The Bertz CT molecular complexity index is 758. The number of amides is 2. The third kappa shape index (κ3) is 4.04. The van der Waals surface area contributed by atoms with Gasteiger partial charge in [0.1, 0.15) is 0 Å². The fourth-order valence-electron chi connectivity index (χ4n) is 2.86. The topological polar surface area (TPSA) is 138 Å². The number of benzene rings is 1. The van der Waals surface area contributed by atoms with E-state index in [1.54, 1.807) is 18.2 Å². The van der Waals surface area contributed by atoms with E-state index in [1.165, 1.54) is 7.11 Å². The zero-order valence-electron chi connectivity index (χ0n) is 14.4. The summed E-state index contributed by atoms with van der Waals surface area (Å²) in [5.74, 6) is -1.31. The van der Waals surface area contributed by atoms with E-state index in [2.05, 4.69) is 5.32 Å². The summed E-state index contributed by atoms with van der Waals surface area (Å²) in [7, 11) is 1.51. The van der Waals surface area contributed by atoms with Crippen LogP contribution in [-0.4, -0.2) is 31.6 Å². The molecule has 0 aliphatic heterocycles. The van der Waals surface area contributed by atoms with Crippen molar-refractivity contribution in [2.45, 2.75) is 37.2 Å². The SMILES string of the molecule is COc1ccc(C(C#N)(C#N)CNC(=O)C(N)=O)cc1OC1CCCC1. The highest BCUT2D eigenvalue weighted by atomic mass is 16.5. The van der Waals surface area contributed by atoms with Crippen LogP contribution in [0.25, 0.3) is 0 Å². The van der Waals surface area contributed by atoms with Crippen LogP contribution in [0.5, 0.6) is 11.5 Å². The number of nitrogens with zero attached hydrogens (tertiary/aromatic N) is 2. The van der Waals surface area contributed by atoms with Crippen LogP contribution >= 0.6 is 0 Å². The fraction of sp³-hybridized carbons (Fsp3) is 0.444. The summed E-state index contributed by atoms with van der Waals surface area (Å²) in [6.45, 7) is -0.378. The number of nitrogens with one attached hydrogen (secondary N) is 1. The molecule has 1 aliphatic carbocycles. The Kier molecular flexibility index (Phi) is 6.03. The van der Waals surface area contributed by atoms with E-state index < -0.39 is 17.2 Å². The number of hydrogen-bond acceptors (Lipinski definition) is 6. The molecule has 1 aromatic carbocycles. The molecule has 8 nitrogen and oxygen atoms in total. The van der Waals surface area contributed by atoms with E-state index in [9.17, 15) is 20.1 Å². The van der Waals surface area contributed by atoms with Crippen LogP contribution < -0.4 is 20.5 Å². The maximum Gasteiger partial charge on any atom is 0.309 e. The number of primary amides is 1. The molecule has 0 unspecified atom stereocenters. The second kappa shape index (κ2) is 8.21. The third-order valence-corrected chi connectivity index (χ3v) is 4.37. The lowest BCUT2D eigenvalue weighted by atomic mass is 9.83. The summed E-state index contributed by atoms with van der Waals surface area (Å²) >= 11 is 0. The summed E-state index contributed by atoms with van der Waals surface area (Å²) < 4.78 is 11.3. The Hall–Kier alpha value is -3.26. The van der Waals surface area contributed by atoms with Crippen molar-refractivity contribution in [3.8, 4) is 23.6 Å². The van der Waals surface area contributed by atoms with E-state index in [0.29, 0.717) is 17.1 Å². The van der Waals surface area contributed by atoms with Gasteiger partial charge in [-0.15, -0.1) is 0 Å². The highest BCUT2D eigenvalue weighted by molar-refractivity contribution is 6.34. The summed E-state index contributed by atoms with van der Waals surface area (Å²) in [5.41, 5.74) is 3.53. The highest BCUT2D eigenvalue weighted by Crippen LogP contribution is 2.35. The molecule has 3 N–H and O–H groups in total. The van der Waals surface area contributed by atoms with Crippen molar-refractivity contribution in [3.63, 3.8) is 0 Å². The number of carbonyl (C=O) groups excluding carboxylic acids is 2. The van der Waals surface area contributed by atoms with Gasteiger partial charge in [0.2, 0.25) is 0 Å². The van der Waals surface area contributed by atoms with Gasteiger partial charge < -0.3 is 20.5 Å². The molecule has 0 saturated heterocycles. The standard InChI is InChI=1S/C18H20N4O4/c1-25-14-7-6-12(8-15(14)26-13-4-2-3-5-13)18(9-19,10-20)11-22-17(24)16(21)23/h6-8,13H,2-5,11H2,1H3,(H2,21,23)(H,22,24). The lowest BCUT2D eigenvalue weighted by molar-refractivity contribution is -0.137. The van der Waals surface area contributed by atoms with Crippen LogP contribution in [0, 0.1) is 22.7 Å². The van der Waals surface area contributed by atoms with Gasteiger partial charge >= 0.3 is 11.8 Å². The van der Waals surface area contributed by atoms with E-state index >= 15 is 0 Å². The molecule has 0 bridgehead atoms. The summed E-state index contributed by atoms with van der Waals surface area (Å²) in [5, 5.41) is 21.4. The van der Waals surface area contributed by atoms with Crippen molar-refractivity contribution in [3.05, 3.63) is 23.8 Å². The van der Waals surface area contributed by atoms with Gasteiger partial charge in [0.25, 0.3) is 0 Å². The zero-order valence-corrected chi connectivity index (χ0v) is 14.4. The van der Waals surface area contributed by atoms with Crippen molar-refractivity contribution in [2.75, 3.05) is 13.7 Å². The summed E-state index contributed by atoms with van der Waals surface area (Å²) in [6.07, 6.45) is 4.11. The van der Waals surface area contributed by atoms with Crippen LogP contribution in [0.2, 0.25) is 0 Å². The average molecular weight is 356 g/mol.